The van der Waals surface area contributed by atoms with Gasteiger partial charge in [0.2, 0.25) is 5.88 Å². The van der Waals surface area contributed by atoms with Gasteiger partial charge < -0.3 is 20.1 Å². The van der Waals surface area contributed by atoms with Crippen LogP contribution in [0, 0.1) is 6.92 Å². The van der Waals surface area contributed by atoms with E-state index in [9.17, 15) is 0 Å². The quantitative estimate of drug-likeness (QED) is 0.399. The first-order valence-electron chi connectivity index (χ1n) is 9.86. The lowest BCUT2D eigenvalue weighted by Gasteiger charge is -2.10. The van der Waals surface area contributed by atoms with Crippen LogP contribution in [0.2, 0.25) is 0 Å². The van der Waals surface area contributed by atoms with E-state index >= 15 is 0 Å². The molecule has 0 bridgehead atoms. The van der Waals surface area contributed by atoms with Gasteiger partial charge in [0.05, 0.1) is 18.7 Å². The van der Waals surface area contributed by atoms with Crippen LogP contribution in [0.1, 0.15) is 22.4 Å². The van der Waals surface area contributed by atoms with E-state index in [1.165, 1.54) is 4.88 Å². The van der Waals surface area contributed by atoms with Gasteiger partial charge in [-0.15, -0.1) is 11.3 Å². The molecule has 158 valence electrons. The third-order valence-electron chi connectivity index (χ3n) is 4.14. The van der Waals surface area contributed by atoms with Crippen LogP contribution in [0.25, 0.3) is 0 Å². The van der Waals surface area contributed by atoms with Crippen molar-refractivity contribution in [2.24, 2.45) is 4.99 Å². The van der Waals surface area contributed by atoms with E-state index < -0.39 is 0 Å². The van der Waals surface area contributed by atoms with Crippen molar-refractivity contribution in [2.45, 2.75) is 26.8 Å². The highest BCUT2D eigenvalue weighted by Crippen LogP contribution is 2.22. The SMILES string of the molecule is CCNC(=NCc1ccc(Oc2ccc(OC)cc2)nc1)NCCc1ncc(C)s1. The van der Waals surface area contributed by atoms with E-state index in [1.54, 1.807) is 24.6 Å². The van der Waals surface area contributed by atoms with Crippen molar-refractivity contribution in [2.75, 3.05) is 20.2 Å². The number of aryl methyl sites for hydroxylation is 1. The molecule has 2 aromatic heterocycles. The van der Waals surface area contributed by atoms with Gasteiger partial charge in [-0.1, -0.05) is 6.07 Å². The monoisotopic (exact) mass is 425 g/mol. The number of nitrogens with one attached hydrogen (secondary N) is 2. The van der Waals surface area contributed by atoms with Gasteiger partial charge in [0, 0.05) is 42.8 Å². The van der Waals surface area contributed by atoms with E-state index in [1.807, 2.05) is 49.5 Å². The summed E-state index contributed by atoms with van der Waals surface area (Å²) in [5.41, 5.74) is 1.00. The van der Waals surface area contributed by atoms with Crippen LogP contribution in [0.5, 0.6) is 17.4 Å². The van der Waals surface area contributed by atoms with Crippen molar-refractivity contribution in [3.05, 3.63) is 64.2 Å². The molecule has 1 aromatic carbocycles. The summed E-state index contributed by atoms with van der Waals surface area (Å²) in [6.07, 6.45) is 4.57. The summed E-state index contributed by atoms with van der Waals surface area (Å²) in [7, 11) is 1.64. The molecule has 0 amide bonds. The first-order valence-corrected chi connectivity index (χ1v) is 10.7. The Labute approximate surface area is 181 Å². The molecule has 0 saturated heterocycles. The van der Waals surface area contributed by atoms with Crippen molar-refractivity contribution in [1.29, 1.82) is 0 Å². The number of rotatable bonds is 9. The van der Waals surface area contributed by atoms with Crippen molar-refractivity contribution < 1.29 is 9.47 Å². The molecule has 0 atom stereocenters. The topological polar surface area (TPSA) is 80.7 Å². The Morgan fingerprint density at radius 1 is 1.03 bits per heavy atom. The summed E-state index contributed by atoms with van der Waals surface area (Å²) in [4.78, 5) is 14.6. The third kappa shape index (κ3) is 6.73. The van der Waals surface area contributed by atoms with E-state index in [-0.39, 0.29) is 0 Å². The molecular formula is C22H27N5O2S. The Bertz CT molecular complexity index is 939. The number of methoxy groups -OCH3 is 1. The molecule has 0 fully saturated rings. The van der Waals surface area contributed by atoms with E-state index in [2.05, 4.69) is 32.5 Å². The number of benzene rings is 1. The standard InChI is InChI=1S/C22H27N5O2S/c1-4-23-22(24-12-11-21-26-13-16(2)30-21)27-15-17-5-10-20(25-14-17)29-19-8-6-18(28-3)7-9-19/h5-10,13-14H,4,11-12,15H2,1-3H3,(H2,23,24,27). The molecule has 0 saturated carbocycles. The molecule has 0 radical (unpaired) electrons. The molecule has 2 N–H and O–H groups in total. The van der Waals surface area contributed by atoms with Crippen LogP contribution in [-0.4, -0.2) is 36.1 Å². The Kier molecular flexibility index (Phi) is 8.02. The summed E-state index contributed by atoms with van der Waals surface area (Å²) in [5.74, 6) is 2.82. The summed E-state index contributed by atoms with van der Waals surface area (Å²) < 4.78 is 10.9. The van der Waals surface area contributed by atoms with Gasteiger partial charge in [0.15, 0.2) is 5.96 Å². The number of ether oxygens (including phenoxy) is 2. The summed E-state index contributed by atoms with van der Waals surface area (Å²) >= 11 is 1.73. The van der Waals surface area contributed by atoms with Crippen LogP contribution in [-0.2, 0) is 13.0 Å². The second-order valence-corrected chi connectivity index (χ2v) is 7.84. The van der Waals surface area contributed by atoms with E-state index in [0.29, 0.717) is 18.2 Å². The minimum Gasteiger partial charge on any atom is -0.497 e. The number of aromatic nitrogens is 2. The Morgan fingerprint density at radius 3 is 2.47 bits per heavy atom. The highest BCUT2D eigenvalue weighted by molar-refractivity contribution is 7.11. The maximum atomic E-state index is 5.76. The van der Waals surface area contributed by atoms with Crippen LogP contribution in [0.15, 0.2) is 53.8 Å². The fraction of sp³-hybridized carbons (Fsp3) is 0.318. The predicted octanol–water partition coefficient (Wildman–Crippen LogP) is 3.95. The van der Waals surface area contributed by atoms with Crippen LogP contribution < -0.4 is 20.1 Å². The third-order valence-corrected chi connectivity index (χ3v) is 5.12. The molecule has 0 spiro atoms. The van der Waals surface area contributed by atoms with E-state index in [4.69, 9.17) is 9.47 Å². The second kappa shape index (κ2) is 11.2. The summed E-state index contributed by atoms with van der Waals surface area (Å²) in [6.45, 7) is 6.23. The molecule has 3 rings (SSSR count). The minimum absolute atomic E-state index is 0.529. The molecule has 0 unspecified atom stereocenters. The van der Waals surface area contributed by atoms with Crippen molar-refractivity contribution >= 4 is 17.3 Å². The molecule has 3 aromatic rings. The predicted molar refractivity (Wildman–Crippen MR) is 121 cm³/mol. The summed E-state index contributed by atoms with van der Waals surface area (Å²) in [5, 5.41) is 7.75. The molecule has 0 aliphatic heterocycles. The average molecular weight is 426 g/mol. The number of pyridine rings is 1. The minimum atomic E-state index is 0.529. The van der Waals surface area contributed by atoms with Gasteiger partial charge in [-0.05, 0) is 43.7 Å². The number of hydrogen-bond acceptors (Lipinski definition) is 6. The van der Waals surface area contributed by atoms with Gasteiger partial charge >= 0.3 is 0 Å². The zero-order valence-corrected chi connectivity index (χ0v) is 18.3. The Hall–Kier alpha value is -3.13. The maximum absolute atomic E-state index is 5.76. The average Bonchev–Trinajstić information content (AvgIpc) is 3.18. The molecule has 7 nitrogen and oxygen atoms in total. The van der Waals surface area contributed by atoms with Crippen molar-refractivity contribution in [1.82, 2.24) is 20.6 Å². The van der Waals surface area contributed by atoms with Crippen molar-refractivity contribution in [3.8, 4) is 17.4 Å². The highest BCUT2D eigenvalue weighted by Gasteiger charge is 2.03. The summed E-state index contributed by atoms with van der Waals surface area (Å²) in [6, 6.07) is 11.2. The number of hydrogen-bond donors (Lipinski definition) is 2. The lowest BCUT2D eigenvalue weighted by Crippen LogP contribution is -2.38. The number of thiazole rings is 1. The number of aliphatic imine (C=N–C) groups is 1. The Balaban J connectivity index is 1.51. The lowest BCUT2D eigenvalue weighted by molar-refractivity contribution is 0.412. The van der Waals surface area contributed by atoms with Crippen LogP contribution in [0.3, 0.4) is 0 Å². The van der Waals surface area contributed by atoms with Crippen LogP contribution in [0.4, 0.5) is 0 Å². The second-order valence-electron chi connectivity index (χ2n) is 6.52. The van der Waals surface area contributed by atoms with Crippen molar-refractivity contribution in [3.63, 3.8) is 0 Å². The smallest absolute Gasteiger partial charge is 0.219 e. The molecule has 2 heterocycles. The van der Waals surface area contributed by atoms with Gasteiger partial charge in [-0.2, -0.15) is 0 Å². The Morgan fingerprint density at radius 2 is 1.83 bits per heavy atom. The first kappa shape index (κ1) is 21.6. The number of nitrogens with zero attached hydrogens (tertiary/aromatic N) is 3. The fourth-order valence-corrected chi connectivity index (χ4v) is 3.43. The molecule has 0 aliphatic carbocycles. The van der Waals surface area contributed by atoms with Gasteiger partial charge in [0.25, 0.3) is 0 Å². The molecule has 0 aliphatic rings. The van der Waals surface area contributed by atoms with Crippen LogP contribution >= 0.6 is 11.3 Å². The zero-order valence-electron chi connectivity index (χ0n) is 17.5. The molecular weight excluding hydrogens is 398 g/mol. The van der Waals surface area contributed by atoms with Gasteiger partial charge in [-0.25, -0.2) is 15.0 Å². The fourth-order valence-electron chi connectivity index (χ4n) is 2.65. The maximum Gasteiger partial charge on any atom is 0.219 e. The zero-order chi connectivity index (χ0) is 21.2. The highest BCUT2D eigenvalue weighted by atomic mass is 32.1. The lowest BCUT2D eigenvalue weighted by atomic mass is 10.3. The molecule has 8 heteroatoms. The van der Waals surface area contributed by atoms with Gasteiger partial charge in [-0.3, -0.25) is 0 Å². The molecule has 30 heavy (non-hydrogen) atoms. The van der Waals surface area contributed by atoms with E-state index in [0.717, 1.165) is 41.8 Å². The number of guanidine groups is 1. The largest absolute Gasteiger partial charge is 0.497 e. The first-order chi connectivity index (χ1) is 14.7. The van der Waals surface area contributed by atoms with Gasteiger partial charge in [0.1, 0.15) is 11.5 Å². The normalized spacial score (nSPS) is 11.2.